The predicted octanol–water partition coefficient (Wildman–Crippen LogP) is 7.06. The summed E-state index contributed by atoms with van der Waals surface area (Å²) in [5, 5.41) is 14.7. The van der Waals surface area contributed by atoms with Crippen LogP contribution in [-0.4, -0.2) is 150 Å². The van der Waals surface area contributed by atoms with Crippen LogP contribution in [0.5, 0.6) is 5.75 Å². The zero-order valence-corrected chi connectivity index (χ0v) is 44.1. The van der Waals surface area contributed by atoms with Crippen molar-refractivity contribution in [2.24, 2.45) is 13.0 Å². The summed E-state index contributed by atoms with van der Waals surface area (Å²) in [7, 11) is 0.964. The van der Waals surface area contributed by atoms with Gasteiger partial charge in [-0.05, 0) is 112 Å². The molecule has 1 unspecified atom stereocenters. The van der Waals surface area contributed by atoms with Crippen LogP contribution in [0.4, 0.5) is 34.5 Å². The van der Waals surface area contributed by atoms with Gasteiger partial charge in [0.2, 0.25) is 17.8 Å². The molecule has 3 aromatic carbocycles. The number of carbonyl (C=O) groups excluding carboxylic acids is 4. The van der Waals surface area contributed by atoms with Crippen molar-refractivity contribution >= 4 is 82.2 Å². The average molecular weight is 1040 g/mol. The number of halogens is 1. The Morgan fingerprint density at radius 3 is 2.22 bits per heavy atom. The molecular weight excluding hydrogens is 979 g/mol. The highest BCUT2D eigenvalue weighted by Crippen LogP contribution is 2.45. The summed E-state index contributed by atoms with van der Waals surface area (Å²) in [4.78, 5) is 71.4. The molecule has 5 fully saturated rings. The van der Waals surface area contributed by atoms with E-state index in [-0.39, 0.29) is 18.7 Å². The first-order valence-corrected chi connectivity index (χ1v) is 28.9. The van der Waals surface area contributed by atoms with Crippen molar-refractivity contribution < 1.29 is 28.5 Å². The number of imide groups is 2. The number of ether oxygens (including phenoxy) is 1. The van der Waals surface area contributed by atoms with Crippen LogP contribution in [0.2, 0.25) is 5.02 Å². The van der Waals surface area contributed by atoms with Crippen molar-refractivity contribution in [1.82, 2.24) is 39.8 Å². The molecule has 5 aromatic rings. The lowest BCUT2D eigenvalue weighted by Gasteiger charge is -2.44. The molecule has 1 atom stereocenters. The Morgan fingerprint density at radius 1 is 0.784 bits per heavy atom. The van der Waals surface area contributed by atoms with E-state index in [0.29, 0.717) is 62.9 Å². The Balaban J connectivity index is 0.692. The zero-order valence-electron chi connectivity index (χ0n) is 42.5. The third kappa shape index (κ3) is 10.3. The second-order valence-electron chi connectivity index (χ2n) is 21.2. The van der Waals surface area contributed by atoms with Crippen LogP contribution in [0.25, 0.3) is 11.1 Å². The number of hydrogen-bond acceptors (Lipinski definition) is 15. The minimum Gasteiger partial charge on any atom is -0.494 e. The molecule has 4 amide bonds. The fourth-order valence-electron chi connectivity index (χ4n) is 11.6. The minimum absolute atomic E-state index is 0.0945. The number of carbonyl (C=O) groups is 4. The number of amides is 4. The molecule has 6 aliphatic rings. The van der Waals surface area contributed by atoms with Crippen molar-refractivity contribution in [2.45, 2.75) is 69.4 Å². The summed E-state index contributed by atoms with van der Waals surface area (Å²) in [6, 6.07) is 15.3. The number of piperidine rings is 3. The molecule has 11 rings (SSSR count). The van der Waals surface area contributed by atoms with E-state index in [1.54, 1.807) is 38.8 Å². The molecule has 1 aliphatic carbocycles. The molecule has 388 valence electrons. The zero-order chi connectivity index (χ0) is 51.4. The highest BCUT2D eigenvalue weighted by atomic mass is 35.5. The number of aryl methyl sites for hydroxylation is 1. The summed E-state index contributed by atoms with van der Waals surface area (Å²) >= 11 is 6.69. The third-order valence-electron chi connectivity index (χ3n) is 15.9. The van der Waals surface area contributed by atoms with E-state index in [0.717, 1.165) is 130 Å². The van der Waals surface area contributed by atoms with Gasteiger partial charge in [-0.3, -0.25) is 39.0 Å². The number of aromatic nitrogens is 4. The minimum atomic E-state index is -2.63. The third-order valence-corrected chi connectivity index (χ3v) is 17.7. The van der Waals surface area contributed by atoms with Gasteiger partial charge in [-0.1, -0.05) is 17.7 Å². The van der Waals surface area contributed by atoms with Gasteiger partial charge in [0.1, 0.15) is 24.0 Å². The monoisotopic (exact) mass is 1040 g/mol. The smallest absolute Gasteiger partial charge is 0.262 e. The summed E-state index contributed by atoms with van der Waals surface area (Å²) in [6.45, 7) is 12.4. The normalized spacial score (nSPS) is 20.6. The second-order valence-corrected chi connectivity index (χ2v) is 24.8. The van der Waals surface area contributed by atoms with E-state index in [2.05, 4.69) is 69.9 Å². The van der Waals surface area contributed by atoms with Crippen LogP contribution in [0.1, 0.15) is 83.6 Å². The van der Waals surface area contributed by atoms with E-state index in [1.807, 2.05) is 36.3 Å². The first-order chi connectivity index (χ1) is 35.7. The van der Waals surface area contributed by atoms with Crippen molar-refractivity contribution in [1.29, 1.82) is 0 Å². The van der Waals surface area contributed by atoms with Gasteiger partial charge in [0.25, 0.3) is 11.8 Å². The fraction of sp³-hybridized carbons (Fsp3) is 0.463. The Bertz CT molecular complexity index is 3060. The maximum Gasteiger partial charge on any atom is 0.262 e. The molecule has 20 heteroatoms. The molecule has 18 nitrogen and oxygen atoms in total. The highest BCUT2D eigenvalue weighted by Gasteiger charge is 2.45. The van der Waals surface area contributed by atoms with Crippen LogP contribution in [0, 0.1) is 5.92 Å². The van der Waals surface area contributed by atoms with Gasteiger partial charge < -0.3 is 34.6 Å². The van der Waals surface area contributed by atoms with Gasteiger partial charge in [0, 0.05) is 118 Å². The van der Waals surface area contributed by atoms with Gasteiger partial charge in [-0.15, -0.1) is 0 Å². The van der Waals surface area contributed by atoms with Crippen LogP contribution < -0.4 is 35.8 Å². The lowest BCUT2D eigenvalue weighted by atomic mass is 9.95. The number of piperazine rings is 1. The molecule has 4 saturated heterocycles. The van der Waals surface area contributed by atoms with Crippen LogP contribution >= 0.6 is 18.7 Å². The standard InChI is InChI=1S/C54H64ClN12O6P/c1-62-32-36(29-57-62)40-27-44(59-54-56-30-42(55)50(61-54)58-43-10-7-35(34-5-6-34)25-48(43)74(3,4)72)47(73-2)28-46(40)66-19-15-37(16-20-66)65-23-21-63(22-24-65)31-33-13-17-64(18-14-33)38-8-9-39-41(26-38)53(71)67(52(39)70)45-11-12-49(68)60-51(45)69/h7-10,25-30,32-34,37,45H,5-6,11-24,31H2,1-4H3,(H,60,68,69)(H2,56,58,59,61). The highest BCUT2D eigenvalue weighted by molar-refractivity contribution is 7.70. The lowest BCUT2D eigenvalue weighted by Crippen LogP contribution is -2.54. The topological polar surface area (TPSA) is 190 Å². The van der Waals surface area contributed by atoms with Gasteiger partial charge in [0.15, 0.2) is 5.82 Å². The predicted molar refractivity (Wildman–Crippen MR) is 288 cm³/mol. The largest absolute Gasteiger partial charge is 0.494 e. The summed E-state index contributed by atoms with van der Waals surface area (Å²) < 4.78 is 21.3. The second kappa shape index (κ2) is 20.4. The van der Waals surface area contributed by atoms with Crippen molar-refractivity contribution in [3.8, 4) is 16.9 Å². The molecule has 0 radical (unpaired) electrons. The average Bonchev–Trinajstić information content (AvgIpc) is 4.11. The van der Waals surface area contributed by atoms with Crippen molar-refractivity contribution in [3.05, 3.63) is 88.8 Å². The molecule has 5 aliphatic heterocycles. The number of methoxy groups -OCH3 is 1. The SMILES string of the molecule is COc1cc(N2CCC(N3CCN(CC4CCN(c5ccc6c(c5)C(=O)N(C5CCC(=O)NC5=O)C6=O)CC4)CC3)CC2)c(-c2cnn(C)c2)cc1Nc1ncc(Cl)c(Nc2ccc(C3CC3)cc2P(C)(C)=O)n1. The van der Waals surface area contributed by atoms with Crippen LogP contribution in [0.3, 0.4) is 0 Å². The number of nitrogens with zero attached hydrogens (tertiary/aromatic N) is 9. The maximum absolute atomic E-state index is 13.5. The Hall–Kier alpha value is -6.33. The Kier molecular flexibility index (Phi) is 13.8. The molecule has 1 saturated carbocycles. The van der Waals surface area contributed by atoms with E-state index in [9.17, 15) is 23.7 Å². The number of nitrogens with one attached hydrogen (secondary N) is 3. The molecular formula is C54H64ClN12O6P. The first-order valence-electron chi connectivity index (χ1n) is 26.0. The fourth-order valence-corrected chi connectivity index (χ4v) is 12.9. The number of fused-ring (bicyclic) bond motifs is 1. The molecule has 7 heterocycles. The Morgan fingerprint density at radius 2 is 1.53 bits per heavy atom. The van der Waals surface area contributed by atoms with Crippen molar-refractivity contribution in [3.63, 3.8) is 0 Å². The molecule has 74 heavy (non-hydrogen) atoms. The van der Waals surface area contributed by atoms with Gasteiger partial charge in [-0.25, -0.2) is 4.98 Å². The summed E-state index contributed by atoms with van der Waals surface area (Å²) in [5.74, 6) is 0.554. The van der Waals surface area contributed by atoms with Gasteiger partial charge in [-0.2, -0.15) is 10.1 Å². The number of rotatable bonds is 14. The molecule has 2 aromatic heterocycles. The van der Waals surface area contributed by atoms with Crippen LogP contribution in [-0.2, 0) is 21.2 Å². The maximum atomic E-state index is 13.5. The summed E-state index contributed by atoms with van der Waals surface area (Å²) in [5.41, 5.74) is 7.25. The van der Waals surface area contributed by atoms with Crippen molar-refractivity contribution in [2.75, 3.05) is 99.8 Å². The number of benzene rings is 3. The van der Waals surface area contributed by atoms with E-state index < -0.39 is 30.9 Å². The molecule has 0 spiro atoms. The number of hydrogen-bond donors (Lipinski definition) is 3. The summed E-state index contributed by atoms with van der Waals surface area (Å²) in [6.07, 6.45) is 12.2. The lowest BCUT2D eigenvalue weighted by molar-refractivity contribution is -0.136. The molecule has 3 N–H and O–H groups in total. The number of anilines is 6. The van der Waals surface area contributed by atoms with Crippen LogP contribution in [0.15, 0.2) is 67.1 Å². The van der Waals surface area contributed by atoms with Gasteiger partial charge >= 0.3 is 0 Å². The van der Waals surface area contributed by atoms with E-state index >= 15 is 0 Å². The van der Waals surface area contributed by atoms with Gasteiger partial charge in [0.05, 0.1) is 42.0 Å². The first kappa shape index (κ1) is 49.9. The quantitative estimate of drug-likeness (QED) is 0.0757. The molecule has 0 bridgehead atoms. The van der Waals surface area contributed by atoms with E-state index in [1.165, 1.54) is 5.56 Å². The van der Waals surface area contributed by atoms with E-state index in [4.69, 9.17) is 21.3 Å². The Labute approximate surface area is 436 Å².